The first kappa shape index (κ1) is 14.5. The van der Waals surface area contributed by atoms with Crippen molar-refractivity contribution in [1.82, 2.24) is 15.3 Å². The van der Waals surface area contributed by atoms with E-state index in [1.807, 2.05) is 24.4 Å². The third-order valence-corrected chi connectivity index (χ3v) is 4.24. The zero-order valence-corrected chi connectivity index (χ0v) is 12.9. The van der Waals surface area contributed by atoms with E-state index in [1.54, 1.807) is 12.3 Å². The fourth-order valence-electron chi connectivity index (χ4n) is 3.03. The number of benzene rings is 2. The Morgan fingerprint density at radius 1 is 1.00 bits per heavy atom. The quantitative estimate of drug-likeness (QED) is 0.526. The zero-order chi connectivity index (χ0) is 16.5. The normalized spacial score (nSPS) is 11.2. The summed E-state index contributed by atoms with van der Waals surface area (Å²) in [6.45, 7) is 0.517. The lowest BCUT2D eigenvalue weighted by molar-refractivity contribution is 0.0956. The molecule has 0 saturated heterocycles. The number of H-pyrrole nitrogens is 2. The van der Waals surface area contributed by atoms with E-state index in [9.17, 15) is 9.18 Å². The molecular formula is C19H16FN3O. The third kappa shape index (κ3) is 2.54. The highest BCUT2D eigenvalue weighted by Crippen LogP contribution is 2.20. The number of hydrogen-bond acceptors (Lipinski definition) is 1. The van der Waals surface area contributed by atoms with Crippen molar-refractivity contribution in [2.75, 3.05) is 6.54 Å². The standard InChI is InChI=1S/C19H16FN3O/c20-13-5-6-18-15(9-13)16(11-23-18)19(24)21-8-7-12-10-22-17-4-2-1-3-14(12)17/h1-6,9-11,22-23H,7-8H2,(H,21,24). The lowest BCUT2D eigenvalue weighted by Gasteiger charge is -2.04. The number of fused-ring (bicyclic) bond motifs is 2. The first-order valence-corrected chi connectivity index (χ1v) is 7.82. The SMILES string of the molecule is O=C(NCCc1c[nH]c2ccccc12)c1c[nH]c2ccc(F)cc12. The van der Waals surface area contributed by atoms with Gasteiger partial charge < -0.3 is 15.3 Å². The van der Waals surface area contributed by atoms with Gasteiger partial charge in [-0.2, -0.15) is 0 Å². The van der Waals surface area contributed by atoms with E-state index in [0.717, 1.165) is 23.0 Å². The molecule has 24 heavy (non-hydrogen) atoms. The van der Waals surface area contributed by atoms with Gasteiger partial charge in [-0.05, 0) is 36.2 Å². The van der Waals surface area contributed by atoms with Crippen LogP contribution in [0.1, 0.15) is 15.9 Å². The van der Waals surface area contributed by atoms with Gasteiger partial charge in [-0.1, -0.05) is 18.2 Å². The second-order valence-corrected chi connectivity index (χ2v) is 5.76. The van der Waals surface area contributed by atoms with Crippen LogP contribution in [-0.2, 0) is 6.42 Å². The molecule has 0 radical (unpaired) electrons. The van der Waals surface area contributed by atoms with Crippen LogP contribution in [0.25, 0.3) is 21.8 Å². The summed E-state index contributed by atoms with van der Waals surface area (Å²) in [7, 11) is 0. The second-order valence-electron chi connectivity index (χ2n) is 5.76. The number of aromatic nitrogens is 2. The summed E-state index contributed by atoms with van der Waals surface area (Å²) >= 11 is 0. The van der Waals surface area contributed by atoms with Gasteiger partial charge >= 0.3 is 0 Å². The van der Waals surface area contributed by atoms with Crippen LogP contribution < -0.4 is 5.32 Å². The fourth-order valence-corrected chi connectivity index (χ4v) is 3.03. The van der Waals surface area contributed by atoms with Crippen molar-refractivity contribution >= 4 is 27.7 Å². The Morgan fingerprint density at radius 3 is 2.71 bits per heavy atom. The number of amides is 1. The van der Waals surface area contributed by atoms with Crippen molar-refractivity contribution in [2.45, 2.75) is 6.42 Å². The summed E-state index contributed by atoms with van der Waals surface area (Å²) in [5.74, 6) is -0.554. The van der Waals surface area contributed by atoms with Gasteiger partial charge in [0.25, 0.3) is 5.91 Å². The maximum atomic E-state index is 13.4. The molecular weight excluding hydrogens is 305 g/mol. The molecule has 0 unspecified atom stereocenters. The van der Waals surface area contributed by atoms with Gasteiger partial charge in [0, 0.05) is 40.7 Å². The van der Waals surface area contributed by atoms with Crippen LogP contribution in [0.15, 0.2) is 54.9 Å². The Balaban J connectivity index is 1.47. The minimum atomic E-state index is -0.352. The molecule has 0 aliphatic rings. The van der Waals surface area contributed by atoms with Crippen LogP contribution in [0.4, 0.5) is 4.39 Å². The summed E-state index contributed by atoms with van der Waals surface area (Å²) in [5.41, 5.74) is 3.46. The number of hydrogen-bond donors (Lipinski definition) is 3. The molecule has 120 valence electrons. The predicted molar refractivity (Wildman–Crippen MR) is 92.6 cm³/mol. The number of rotatable bonds is 4. The maximum absolute atomic E-state index is 13.4. The van der Waals surface area contributed by atoms with Crippen LogP contribution in [0.3, 0.4) is 0 Å². The van der Waals surface area contributed by atoms with E-state index in [1.165, 1.54) is 17.5 Å². The van der Waals surface area contributed by atoms with E-state index in [0.29, 0.717) is 17.5 Å². The summed E-state index contributed by atoms with van der Waals surface area (Å²) < 4.78 is 13.4. The molecule has 4 aromatic rings. The molecule has 0 bridgehead atoms. The number of aromatic amines is 2. The van der Waals surface area contributed by atoms with E-state index in [-0.39, 0.29) is 11.7 Å². The van der Waals surface area contributed by atoms with Crippen LogP contribution in [0.2, 0.25) is 0 Å². The molecule has 2 aromatic heterocycles. The average molecular weight is 321 g/mol. The minimum absolute atomic E-state index is 0.202. The molecule has 0 aliphatic heterocycles. The van der Waals surface area contributed by atoms with E-state index in [4.69, 9.17) is 0 Å². The molecule has 3 N–H and O–H groups in total. The average Bonchev–Trinajstić information content (AvgIpc) is 3.19. The summed E-state index contributed by atoms with van der Waals surface area (Å²) in [5, 5.41) is 4.67. The fraction of sp³-hybridized carbons (Fsp3) is 0.105. The van der Waals surface area contributed by atoms with Crippen molar-refractivity contribution < 1.29 is 9.18 Å². The van der Waals surface area contributed by atoms with Crippen molar-refractivity contribution in [3.05, 3.63) is 71.8 Å². The summed E-state index contributed by atoms with van der Waals surface area (Å²) in [4.78, 5) is 18.6. The minimum Gasteiger partial charge on any atom is -0.361 e. The molecule has 5 heteroatoms. The third-order valence-electron chi connectivity index (χ3n) is 4.24. The van der Waals surface area contributed by atoms with Crippen LogP contribution in [0, 0.1) is 5.82 Å². The van der Waals surface area contributed by atoms with Crippen molar-refractivity contribution in [1.29, 1.82) is 0 Å². The van der Waals surface area contributed by atoms with Crippen LogP contribution >= 0.6 is 0 Å². The van der Waals surface area contributed by atoms with Gasteiger partial charge in [0.05, 0.1) is 5.56 Å². The highest BCUT2D eigenvalue weighted by molar-refractivity contribution is 6.06. The van der Waals surface area contributed by atoms with Crippen molar-refractivity contribution in [2.24, 2.45) is 0 Å². The Kier molecular flexibility index (Phi) is 3.54. The smallest absolute Gasteiger partial charge is 0.253 e. The molecule has 1 amide bonds. The van der Waals surface area contributed by atoms with Gasteiger partial charge in [0.2, 0.25) is 0 Å². The van der Waals surface area contributed by atoms with E-state index < -0.39 is 0 Å². The Hall–Kier alpha value is -3.08. The molecule has 0 saturated carbocycles. The Labute approximate surface area is 137 Å². The highest BCUT2D eigenvalue weighted by Gasteiger charge is 2.12. The van der Waals surface area contributed by atoms with E-state index >= 15 is 0 Å². The molecule has 4 rings (SSSR count). The van der Waals surface area contributed by atoms with Crippen LogP contribution in [0.5, 0.6) is 0 Å². The van der Waals surface area contributed by atoms with Crippen molar-refractivity contribution in [3.8, 4) is 0 Å². The maximum Gasteiger partial charge on any atom is 0.253 e. The largest absolute Gasteiger partial charge is 0.361 e. The number of para-hydroxylation sites is 1. The molecule has 0 fully saturated rings. The molecule has 2 aromatic carbocycles. The Bertz CT molecular complexity index is 1030. The van der Waals surface area contributed by atoms with Crippen LogP contribution in [-0.4, -0.2) is 22.4 Å². The van der Waals surface area contributed by atoms with Gasteiger partial charge in [-0.15, -0.1) is 0 Å². The molecule has 0 spiro atoms. The van der Waals surface area contributed by atoms with Gasteiger partial charge in [-0.25, -0.2) is 4.39 Å². The predicted octanol–water partition coefficient (Wildman–Crippen LogP) is 3.76. The number of nitrogens with one attached hydrogen (secondary N) is 3. The lowest BCUT2D eigenvalue weighted by Crippen LogP contribution is -2.25. The molecule has 0 atom stereocenters. The van der Waals surface area contributed by atoms with Gasteiger partial charge in [0.1, 0.15) is 5.82 Å². The van der Waals surface area contributed by atoms with Gasteiger partial charge in [0.15, 0.2) is 0 Å². The first-order chi connectivity index (χ1) is 11.7. The molecule has 4 nitrogen and oxygen atoms in total. The summed E-state index contributed by atoms with van der Waals surface area (Å²) in [6, 6.07) is 12.5. The first-order valence-electron chi connectivity index (χ1n) is 7.82. The summed E-state index contributed by atoms with van der Waals surface area (Å²) in [6.07, 6.45) is 4.31. The highest BCUT2D eigenvalue weighted by atomic mass is 19.1. The number of carbonyl (C=O) groups is 1. The lowest BCUT2D eigenvalue weighted by atomic mass is 10.1. The van der Waals surface area contributed by atoms with Crippen molar-refractivity contribution in [3.63, 3.8) is 0 Å². The van der Waals surface area contributed by atoms with E-state index in [2.05, 4.69) is 21.4 Å². The number of halogens is 1. The zero-order valence-electron chi connectivity index (χ0n) is 12.9. The molecule has 2 heterocycles. The Morgan fingerprint density at radius 2 is 1.79 bits per heavy atom. The monoisotopic (exact) mass is 321 g/mol. The number of carbonyl (C=O) groups excluding carboxylic acids is 1. The topological polar surface area (TPSA) is 60.7 Å². The molecule has 0 aliphatic carbocycles. The second kappa shape index (κ2) is 5.85. The van der Waals surface area contributed by atoms with Gasteiger partial charge in [-0.3, -0.25) is 4.79 Å².